The fourth-order valence-electron chi connectivity index (χ4n) is 3.95. The van der Waals surface area contributed by atoms with Gasteiger partial charge in [0.25, 0.3) is 0 Å². The second kappa shape index (κ2) is 9.03. The summed E-state index contributed by atoms with van der Waals surface area (Å²) in [6.07, 6.45) is 0. The van der Waals surface area contributed by atoms with Crippen LogP contribution in [0.5, 0.6) is 0 Å². The fourth-order valence-corrected chi connectivity index (χ4v) is 10.4. The first-order valence-electron chi connectivity index (χ1n) is 10.2. The Hall–Kier alpha value is -2.34. The van der Waals surface area contributed by atoms with Gasteiger partial charge in [0.2, 0.25) is 0 Å². The molecule has 0 N–H and O–H groups in total. The van der Waals surface area contributed by atoms with Gasteiger partial charge in [0.1, 0.15) is 0 Å². The predicted octanol–water partition coefficient (Wildman–Crippen LogP) is 6.37. The van der Waals surface area contributed by atoms with E-state index in [2.05, 4.69) is 142 Å². The third kappa shape index (κ3) is 3.98. The van der Waals surface area contributed by atoms with Crippen LogP contribution in [0.2, 0.25) is 0 Å². The molecule has 0 aliphatic heterocycles. The van der Waals surface area contributed by atoms with Crippen LogP contribution in [-0.2, 0) is 0 Å². The van der Waals surface area contributed by atoms with Gasteiger partial charge >= 0.3 is 196 Å². The van der Waals surface area contributed by atoms with Gasteiger partial charge in [-0.25, -0.2) is 0 Å². The van der Waals surface area contributed by atoms with E-state index in [4.69, 9.17) is 0 Å². The maximum atomic E-state index is 3.72. The molecule has 0 unspecified atom stereocenters. The number of hydrogen-bond acceptors (Lipinski definition) is 1. The van der Waals surface area contributed by atoms with Gasteiger partial charge < -0.3 is 0 Å². The van der Waals surface area contributed by atoms with E-state index in [0.717, 1.165) is 0 Å². The fraction of sp³-hybridized carbons (Fsp3) is 0. The van der Waals surface area contributed by atoms with Crippen molar-refractivity contribution in [2.45, 2.75) is 9.79 Å². The van der Waals surface area contributed by atoms with E-state index in [1.807, 2.05) is 11.8 Å². The van der Waals surface area contributed by atoms with Gasteiger partial charge in [-0.1, -0.05) is 0 Å². The SMILES string of the molecule is [Se]=P(c1ccccc1)(c1ccccc1)c1cccc2cccc(Sc3ccccc3)c12. The van der Waals surface area contributed by atoms with Gasteiger partial charge in [0, 0.05) is 0 Å². The van der Waals surface area contributed by atoms with E-state index < -0.39 is 5.51 Å². The molecule has 0 fully saturated rings. The third-order valence-electron chi connectivity index (χ3n) is 5.39. The van der Waals surface area contributed by atoms with E-state index in [1.165, 1.54) is 36.5 Å². The molecule has 0 aliphatic carbocycles. The van der Waals surface area contributed by atoms with Crippen molar-refractivity contribution in [1.29, 1.82) is 0 Å². The standard InChI is InChI=1S/C28H21PSSe/c31-29(23-14-4-1-5-15-23,24-16-6-2-7-17-24)26-20-10-12-22-13-11-21-27(28(22)26)30-25-18-8-3-9-19-25/h1-21H. The summed E-state index contributed by atoms with van der Waals surface area (Å²) in [4.78, 5) is 2.55. The van der Waals surface area contributed by atoms with Crippen LogP contribution in [0.4, 0.5) is 0 Å². The van der Waals surface area contributed by atoms with Crippen LogP contribution >= 0.6 is 17.3 Å². The van der Waals surface area contributed by atoms with Crippen LogP contribution in [0, 0.1) is 0 Å². The van der Waals surface area contributed by atoms with Crippen molar-refractivity contribution >= 4 is 59.1 Å². The number of benzene rings is 5. The normalized spacial score (nSPS) is 11.5. The Morgan fingerprint density at radius 3 is 1.61 bits per heavy atom. The average Bonchev–Trinajstić information content (AvgIpc) is 2.85. The zero-order valence-electron chi connectivity index (χ0n) is 16.9. The van der Waals surface area contributed by atoms with E-state index in [1.54, 1.807) is 0 Å². The van der Waals surface area contributed by atoms with Crippen molar-refractivity contribution in [2.75, 3.05) is 0 Å². The Morgan fingerprint density at radius 1 is 0.516 bits per heavy atom. The molecule has 5 aromatic rings. The summed E-state index contributed by atoms with van der Waals surface area (Å²) >= 11 is 5.57. The molecule has 0 bridgehead atoms. The summed E-state index contributed by atoms with van der Waals surface area (Å²) in [5, 5.41) is 6.73. The topological polar surface area (TPSA) is 0 Å². The Balaban J connectivity index is 1.81. The van der Waals surface area contributed by atoms with Crippen molar-refractivity contribution in [3.05, 3.63) is 127 Å². The molecule has 5 aromatic carbocycles. The first kappa shape index (κ1) is 20.6. The molecule has 0 nitrogen and oxygen atoms in total. The molecule has 150 valence electrons. The molecule has 0 heterocycles. The summed E-state index contributed by atoms with van der Waals surface area (Å²) in [6, 6.07) is 45.9. The first-order valence-corrected chi connectivity index (χ1v) is 15.1. The van der Waals surface area contributed by atoms with Crippen molar-refractivity contribution in [3.63, 3.8) is 0 Å². The van der Waals surface area contributed by atoms with Gasteiger partial charge in [0.05, 0.1) is 0 Å². The maximum absolute atomic E-state index is 3.72. The van der Waals surface area contributed by atoms with Crippen LogP contribution in [-0.4, -0.2) is 15.1 Å². The molecular formula is C28H21PSSe. The summed E-state index contributed by atoms with van der Waals surface area (Å²) in [5.41, 5.74) is -1.94. The molecule has 0 atom stereocenters. The van der Waals surface area contributed by atoms with E-state index in [-0.39, 0.29) is 0 Å². The van der Waals surface area contributed by atoms with E-state index in [9.17, 15) is 0 Å². The Morgan fingerprint density at radius 2 is 1.03 bits per heavy atom. The monoisotopic (exact) mass is 500 g/mol. The second-order valence-corrected chi connectivity index (χ2v) is 14.6. The van der Waals surface area contributed by atoms with Crippen LogP contribution in [0.25, 0.3) is 10.8 Å². The van der Waals surface area contributed by atoms with Crippen molar-refractivity contribution < 1.29 is 0 Å². The molecule has 31 heavy (non-hydrogen) atoms. The Bertz CT molecular complexity index is 1320. The zero-order valence-corrected chi connectivity index (χ0v) is 20.3. The quantitative estimate of drug-likeness (QED) is 0.200. The summed E-state index contributed by atoms with van der Waals surface area (Å²) in [5.74, 6) is 0. The second-order valence-electron chi connectivity index (χ2n) is 7.33. The molecule has 0 aliphatic rings. The summed E-state index contributed by atoms with van der Waals surface area (Å²) in [7, 11) is 0. The van der Waals surface area contributed by atoms with Gasteiger partial charge in [-0.2, -0.15) is 0 Å². The molecule has 0 aromatic heterocycles. The molecule has 0 amide bonds. The van der Waals surface area contributed by atoms with Crippen LogP contribution in [0.15, 0.2) is 137 Å². The van der Waals surface area contributed by atoms with Crippen molar-refractivity contribution in [2.24, 2.45) is 0 Å². The van der Waals surface area contributed by atoms with Crippen LogP contribution in [0.1, 0.15) is 0 Å². The first-order chi connectivity index (χ1) is 15.3. The van der Waals surface area contributed by atoms with Gasteiger partial charge in [0.15, 0.2) is 0 Å². The van der Waals surface area contributed by atoms with Gasteiger partial charge in [-0.05, 0) is 0 Å². The minimum atomic E-state index is -1.94. The third-order valence-corrected chi connectivity index (χ3v) is 13.5. The molecule has 0 radical (unpaired) electrons. The molecule has 3 heteroatoms. The van der Waals surface area contributed by atoms with Crippen LogP contribution < -0.4 is 15.9 Å². The van der Waals surface area contributed by atoms with Gasteiger partial charge in [-0.15, -0.1) is 0 Å². The van der Waals surface area contributed by atoms with Gasteiger partial charge in [-0.3, -0.25) is 0 Å². The van der Waals surface area contributed by atoms with Crippen molar-refractivity contribution in [3.8, 4) is 0 Å². The molecule has 0 spiro atoms. The van der Waals surface area contributed by atoms with E-state index >= 15 is 0 Å². The summed E-state index contributed by atoms with van der Waals surface area (Å²) < 4.78 is 0. The van der Waals surface area contributed by atoms with Crippen molar-refractivity contribution in [1.82, 2.24) is 0 Å². The summed E-state index contributed by atoms with van der Waals surface area (Å²) in [6.45, 7) is 0. The molecule has 0 saturated heterocycles. The zero-order chi connectivity index (χ0) is 21.1. The number of fused-ring (bicyclic) bond motifs is 1. The molecule has 0 saturated carbocycles. The number of rotatable bonds is 5. The minimum absolute atomic E-state index is 1.26. The predicted molar refractivity (Wildman–Crippen MR) is 139 cm³/mol. The Kier molecular flexibility index (Phi) is 5.99. The molecule has 5 rings (SSSR count). The average molecular weight is 499 g/mol. The van der Waals surface area contributed by atoms with E-state index in [0.29, 0.717) is 0 Å². The Labute approximate surface area is 195 Å². The molecular weight excluding hydrogens is 478 g/mol. The van der Waals surface area contributed by atoms with Crippen LogP contribution in [0.3, 0.4) is 0 Å². The number of hydrogen-bond donors (Lipinski definition) is 0.